The van der Waals surface area contributed by atoms with E-state index >= 15 is 0 Å². The molecule has 1 aromatic heterocycles. The van der Waals surface area contributed by atoms with E-state index in [1.807, 2.05) is 0 Å². The highest BCUT2D eigenvalue weighted by Crippen LogP contribution is 2.28. The standard InChI is InChI=1S/C12H20N2O3S/c1-4-14(10-5-6-10)9-11-7-8-12(17-11)18(15,16)13(2)3/h7-8,10H,4-6,9H2,1-3H3. The van der Waals surface area contributed by atoms with Crippen LogP contribution in [0.15, 0.2) is 21.6 Å². The molecule has 1 saturated carbocycles. The topological polar surface area (TPSA) is 53.8 Å². The number of sulfonamides is 1. The Morgan fingerprint density at radius 2 is 2.00 bits per heavy atom. The SMILES string of the molecule is CCN(Cc1ccc(S(=O)(=O)N(C)C)o1)C1CC1. The summed E-state index contributed by atoms with van der Waals surface area (Å²) in [6.07, 6.45) is 2.47. The van der Waals surface area contributed by atoms with Gasteiger partial charge in [0, 0.05) is 20.1 Å². The summed E-state index contributed by atoms with van der Waals surface area (Å²) in [6, 6.07) is 3.93. The van der Waals surface area contributed by atoms with E-state index in [0.717, 1.165) is 10.8 Å². The second kappa shape index (κ2) is 5.03. The molecule has 0 amide bonds. The number of nitrogens with zero attached hydrogens (tertiary/aromatic N) is 2. The van der Waals surface area contributed by atoms with Gasteiger partial charge in [0.2, 0.25) is 5.09 Å². The summed E-state index contributed by atoms with van der Waals surface area (Å²) in [5.41, 5.74) is 0. The average Bonchev–Trinajstić information content (AvgIpc) is 3.04. The van der Waals surface area contributed by atoms with E-state index in [0.29, 0.717) is 18.3 Å². The first-order valence-electron chi connectivity index (χ1n) is 6.20. The molecule has 0 unspecified atom stereocenters. The summed E-state index contributed by atoms with van der Waals surface area (Å²) >= 11 is 0. The zero-order valence-corrected chi connectivity index (χ0v) is 11.9. The maximum Gasteiger partial charge on any atom is 0.275 e. The van der Waals surface area contributed by atoms with Crippen molar-refractivity contribution in [3.8, 4) is 0 Å². The Morgan fingerprint density at radius 1 is 1.33 bits per heavy atom. The Morgan fingerprint density at radius 3 is 2.50 bits per heavy atom. The van der Waals surface area contributed by atoms with Crippen LogP contribution in [0.5, 0.6) is 0 Å². The van der Waals surface area contributed by atoms with Crippen molar-refractivity contribution in [2.24, 2.45) is 0 Å². The van der Waals surface area contributed by atoms with Gasteiger partial charge in [-0.15, -0.1) is 0 Å². The molecule has 1 fully saturated rings. The molecule has 1 aromatic rings. The maximum absolute atomic E-state index is 11.9. The van der Waals surface area contributed by atoms with E-state index in [1.54, 1.807) is 6.07 Å². The van der Waals surface area contributed by atoms with Crippen LogP contribution >= 0.6 is 0 Å². The molecule has 1 aliphatic carbocycles. The molecule has 0 N–H and O–H groups in total. The van der Waals surface area contributed by atoms with Crippen LogP contribution in [0.25, 0.3) is 0 Å². The van der Waals surface area contributed by atoms with Crippen LogP contribution in [0.2, 0.25) is 0 Å². The summed E-state index contributed by atoms with van der Waals surface area (Å²) in [7, 11) is -0.455. The van der Waals surface area contributed by atoms with Gasteiger partial charge < -0.3 is 4.42 Å². The van der Waals surface area contributed by atoms with E-state index in [-0.39, 0.29) is 5.09 Å². The lowest BCUT2D eigenvalue weighted by Crippen LogP contribution is -2.24. The molecule has 0 bridgehead atoms. The van der Waals surface area contributed by atoms with Crippen LogP contribution in [-0.4, -0.2) is 44.3 Å². The first kappa shape index (κ1) is 13.6. The largest absolute Gasteiger partial charge is 0.447 e. The first-order valence-corrected chi connectivity index (χ1v) is 7.64. The molecule has 0 aliphatic heterocycles. The fourth-order valence-corrected chi connectivity index (χ4v) is 2.71. The number of hydrogen-bond acceptors (Lipinski definition) is 4. The predicted octanol–water partition coefficient (Wildman–Crippen LogP) is 1.51. The highest BCUT2D eigenvalue weighted by atomic mass is 32.2. The van der Waals surface area contributed by atoms with Crippen molar-refractivity contribution in [2.45, 2.75) is 37.4 Å². The highest BCUT2D eigenvalue weighted by Gasteiger charge is 2.29. The van der Waals surface area contributed by atoms with Gasteiger partial charge in [-0.05, 0) is 31.5 Å². The second-order valence-electron chi connectivity index (χ2n) is 4.80. The highest BCUT2D eigenvalue weighted by molar-refractivity contribution is 7.88. The fourth-order valence-electron chi connectivity index (χ4n) is 1.90. The third kappa shape index (κ3) is 2.76. The van der Waals surface area contributed by atoms with Crippen LogP contribution < -0.4 is 0 Å². The molecule has 0 radical (unpaired) electrons. The second-order valence-corrected chi connectivity index (χ2v) is 6.89. The molecule has 102 valence electrons. The smallest absolute Gasteiger partial charge is 0.275 e. The van der Waals surface area contributed by atoms with Gasteiger partial charge in [-0.2, -0.15) is 0 Å². The van der Waals surface area contributed by atoms with Crippen LogP contribution in [-0.2, 0) is 16.6 Å². The molecule has 18 heavy (non-hydrogen) atoms. The van der Waals surface area contributed by atoms with Crippen molar-refractivity contribution in [1.29, 1.82) is 0 Å². The number of hydrogen-bond donors (Lipinski definition) is 0. The molecule has 0 spiro atoms. The van der Waals surface area contributed by atoms with Crippen LogP contribution in [0.3, 0.4) is 0 Å². The monoisotopic (exact) mass is 272 g/mol. The normalized spacial score (nSPS) is 16.7. The molecule has 6 heteroatoms. The lowest BCUT2D eigenvalue weighted by Gasteiger charge is -2.17. The molecule has 0 saturated heterocycles. The zero-order chi connectivity index (χ0) is 13.3. The van der Waals surface area contributed by atoms with E-state index in [1.165, 1.54) is 33.0 Å². The van der Waals surface area contributed by atoms with Crippen molar-refractivity contribution in [1.82, 2.24) is 9.21 Å². The third-order valence-corrected chi connectivity index (χ3v) is 4.89. The van der Waals surface area contributed by atoms with Gasteiger partial charge >= 0.3 is 0 Å². The molecular weight excluding hydrogens is 252 g/mol. The molecule has 1 heterocycles. The third-order valence-electron chi connectivity index (χ3n) is 3.20. The Balaban J connectivity index is 2.10. The molecule has 0 atom stereocenters. The average molecular weight is 272 g/mol. The minimum absolute atomic E-state index is 0.0225. The summed E-state index contributed by atoms with van der Waals surface area (Å²) in [4.78, 5) is 2.31. The van der Waals surface area contributed by atoms with Gasteiger partial charge in [0.1, 0.15) is 5.76 Å². The van der Waals surface area contributed by atoms with E-state index in [4.69, 9.17) is 4.42 Å². The Kier molecular flexibility index (Phi) is 3.79. The lowest BCUT2D eigenvalue weighted by atomic mass is 10.4. The van der Waals surface area contributed by atoms with Crippen LogP contribution in [0, 0.1) is 0 Å². The minimum Gasteiger partial charge on any atom is -0.447 e. The molecule has 0 aromatic carbocycles. The van der Waals surface area contributed by atoms with Crippen LogP contribution in [0.1, 0.15) is 25.5 Å². The predicted molar refractivity (Wildman–Crippen MR) is 68.7 cm³/mol. The molecule has 1 aliphatic rings. The van der Waals surface area contributed by atoms with Gasteiger partial charge in [0.15, 0.2) is 0 Å². The van der Waals surface area contributed by atoms with Crippen molar-refractivity contribution >= 4 is 10.0 Å². The molecule has 2 rings (SSSR count). The van der Waals surface area contributed by atoms with E-state index in [2.05, 4.69) is 11.8 Å². The van der Waals surface area contributed by atoms with Crippen molar-refractivity contribution in [3.05, 3.63) is 17.9 Å². The van der Waals surface area contributed by atoms with Gasteiger partial charge in [0.05, 0.1) is 6.54 Å². The first-order chi connectivity index (χ1) is 8.45. The molecule has 5 nitrogen and oxygen atoms in total. The summed E-state index contributed by atoms with van der Waals surface area (Å²) in [5.74, 6) is 0.712. The number of furan rings is 1. The van der Waals surface area contributed by atoms with E-state index < -0.39 is 10.0 Å². The van der Waals surface area contributed by atoms with Gasteiger partial charge in [0.25, 0.3) is 10.0 Å². The van der Waals surface area contributed by atoms with Crippen molar-refractivity contribution in [2.75, 3.05) is 20.6 Å². The van der Waals surface area contributed by atoms with Gasteiger partial charge in [-0.3, -0.25) is 4.90 Å². The van der Waals surface area contributed by atoms with Gasteiger partial charge in [-0.25, -0.2) is 12.7 Å². The summed E-state index contributed by atoms with van der Waals surface area (Å²) in [5, 5.41) is 0.0225. The van der Waals surface area contributed by atoms with Crippen LogP contribution in [0.4, 0.5) is 0 Å². The van der Waals surface area contributed by atoms with Crippen molar-refractivity contribution < 1.29 is 12.8 Å². The Labute approximate surface area is 108 Å². The Hall–Kier alpha value is -0.850. The number of rotatable bonds is 6. The maximum atomic E-state index is 11.9. The minimum atomic E-state index is -3.46. The summed E-state index contributed by atoms with van der Waals surface area (Å²) < 4.78 is 30.3. The lowest BCUT2D eigenvalue weighted by molar-refractivity contribution is 0.237. The molecular formula is C12H20N2O3S. The van der Waals surface area contributed by atoms with E-state index in [9.17, 15) is 8.42 Å². The summed E-state index contributed by atoms with van der Waals surface area (Å²) in [6.45, 7) is 3.75. The zero-order valence-electron chi connectivity index (χ0n) is 11.1. The fraction of sp³-hybridized carbons (Fsp3) is 0.667. The van der Waals surface area contributed by atoms with Gasteiger partial charge in [-0.1, -0.05) is 6.92 Å². The van der Waals surface area contributed by atoms with Crippen molar-refractivity contribution in [3.63, 3.8) is 0 Å². The Bertz CT molecular complexity index is 503. The quantitative estimate of drug-likeness (QED) is 0.788.